The highest BCUT2D eigenvalue weighted by atomic mass is 35.5. The number of hydrogen-bond donors (Lipinski definition) is 0. The Morgan fingerprint density at radius 1 is 0.712 bits per heavy atom. The largest absolute Gasteiger partial charge is 0.492 e. The Bertz CT molecular complexity index is 1940. The highest BCUT2D eigenvalue weighted by Crippen LogP contribution is 2.31. The van der Waals surface area contributed by atoms with Gasteiger partial charge in [-0.15, -0.1) is 5.11 Å². The van der Waals surface area contributed by atoms with E-state index in [1.165, 1.54) is 18.2 Å². The zero-order valence-electron chi connectivity index (χ0n) is 34.1. The molecule has 4 aromatic carbocycles. The molecule has 0 heterocycles. The summed E-state index contributed by atoms with van der Waals surface area (Å²) in [6.45, 7) is 11.6. The van der Waals surface area contributed by atoms with Crippen molar-refractivity contribution in [2.75, 3.05) is 64.2 Å². The fourth-order valence-electron chi connectivity index (χ4n) is 5.49. The fourth-order valence-corrected chi connectivity index (χ4v) is 5.71. The first-order chi connectivity index (χ1) is 28.4. The summed E-state index contributed by atoms with van der Waals surface area (Å²) in [7, 11) is 0. The van der Waals surface area contributed by atoms with Crippen molar-refractivity contribution in [3.8, 4) is 11.5 Å². The normalized spacial score (nSPS) is 11.3. The Labute approximate surface area is 350 Å². The van der Waals surface area contributed by atoms with E-state index in [0.717, 1.165) is 34.9 Å². The molecule has 0 N–H and O–H groups in total. The van der Waals surface area contributed by atoms with E-state index >= 15 is 0 Å². The number of nitro benzene ring substituents is 1. The smallest absolute Gasteiger partial charge is 0.306 e. The van der Waals surface area contributed by atoms with Crippen molar-refractivity contribution in [1.29, 1.82) is 0 Å². The van der Waals surface area contributed by atoms with E-state index in [1.807, 2.05) is 93.6 Å². The van der Waals surface area contributed by atoms with Crippen LogP contribution in [-0.2, 0) is 41.4 Å². The van der Waals surface area contributed by atoms with Gasteiger partial charge in [-0.3, -0.25) is 19.7 Å². The molecule has 0 fully saturated rings. The molecule has 4 aromatic rings. The molecular weight excluding hydrogens is 780 g/mol. The maximum absolute atomic E-state index is 12.2. The summed E-state index contributed by atoms with van der Waals surface area (Å²) in [5.41, 5.74) is 3.41. The predicted octanol–water partition coefficient (Wildman–Crippen LogP) is 9.43. The highest BCUT2D eigenvalue weighted by molar-refractivity contribution is 6.33. The summed E-state index contributed by atoms with van der Waals surface area (Å²) < 4.78 is 33.4. The lowest BCUT2D eigenvalue weighted by Gasteiger charge is -2.23. The number of aryl methyl sites for hydroxylation is 2. The first-order valence-electron chi connectivity index (χ1n) is 19.6. The number of carbonyl (C=O) groups is 2. The highest BCUT2D eigenvalue weighted by Gasteiger charge is 2.16. The van der Waals surface area contributed by atoms with Crippen LogP contribution < -0.4 is 14.4 Å². The van der Waals surface area contributed by atoms with Crippen molar-refractivity contribution in [2.45, 2.75) is 59.0 Å². The van der Waals surface area contributed by atoms with Gasteiger partial charge < -0.3 is 33.3 Å². The van der Waals surface area contributed by atoms with Gasteiger partial charge in [0, 0.05) is 37.2 Å². The Morgan fingerprint density at radius 2 is 1.27 bits per heavy atom. The molecule has 0 aliphatic carbocycles. The number of non-ortho nitro benzene ring substituents is 1. The number of esters is 2. The minimum atomic E-state index is -0.516. The van der Waals surface area contributed by atoms with Gasteiger partial charge in [0.15, 0.2) is 0 Å². The molecule has 0 aliphatic rings. The zero-order chi connectivity index (χ0) is 42.5. The van der Waals surface area contributed by atoms with Crippen molar-refractivity contribution in [3.63, 3.8) is 0 Å². The van der Waals surface area contributed by atoms with Crippen LogP contribution in [-0.4, -0.2) is 81.8 Å². The van der Waals surface area contributed by atoms with Gasteiger partial charge in [0.1, 0.15) is 42.6 Å². The topological polar surface area (TPSA) is 161 Å². The van der Waals surface area contributed by atoms with Gasteiger partial charge in [-0.05, 0) is 106 Å². The third-order valence-corrected chi connectivity index (χ3v) is 8.81. The van der Waals surface area contributed by atoms with Crippen molar-refractivity contribution in [2.24, 2.45) is 10.2 Å². The molecule has 0 bridgehead atoms. The van der Waals surface area contributed by atoms with E-state index in [1.54, 1.807) is 0 Å². The maximum atomic E-state index is 12.2. The van der Waals surface area contributed by atoms with Gasteiger partial charge in [0.25, 0.3) is 5.69 Å². The van der Waals surface area contributed by atoms with Crippen LogP contribution in [0.25, 0.3) is 0 Å². The van der Waals surface area contributed by atoms with Crippen molar-refractivity contribution in [3.05, 3.63) is 117 Å². The average Bonchev–Trinajstić information content (AvgIpc) is 3.21. The zero-order valence-corrected chi connectivity index (χ0v) is 34.9. The summed E-state index contributed by atoms with van der Waals surface area (Å²) >= 11 is 6.11. The molecule has 59 heavy (non-hydrogen) atoms. The number of azo groups is 1. The molecule has 15 heteroatoms. The molecule has 0 aliphatic heterocycles. The number of benzene rings is 4. The molecule has 0 spiro atoms. The maximum Gasteiger partial charge on any atom is 0.306 e. The quantitative estimate of drug-likeness (QED) is 0.0206. The predicted molar refractivity (Wildman–Crippen MR) is 226 cm³/mol. The molecule has 0 saturated heterocycles. The van der Waals surface area contributed by atoms with Crippen LogP contribution in [0.2, 0.25) is 5.02 Å². The number of carbonyl (C=O) groups excluding carboxylic acids is 2. The van der Waals surface area contributed by atoms with Crippen LogP contribution in [0.5, 0.6) is 11.5 Å². The lowest BCUT2D eigenvalue weighted by Crippen LogP contribution is -2.27. The molecule has 0 radical (unpaired) electrons. The first-order valence-corrected chi connectivity index (χ1v) is 19.9. The Hall–Kier alpha value is -5.57. The second kappa shape index (κ2) is 24.4. The van der Waals surface area contributed by atoms with Gasteiger partial charge in [0.05, 0.1) is 48.6 Å². The Morgan fingerprint density at radius 3 is 1.83 bits per heavy atom. The van der Waals surface area contributed by atoms with Crippen LogP contribution >= 0.6 is 11.6 Å². The summed E-state index contributed by atoms with van der Waals surface area (Å²) in [6.07, 6.45) is 1.75. The molecule has 316 valence electrons. The standard InChI is InChI=1S/C44H53ClN4O10/c1-5-48(36-14-12-35(13-15-36)46-47-41-21-16-37(49(52)53)32-40(41)45)24-25-56-38-17-6-33(7-18-38)10-22-42(50)58-31-29-55-27-26-54-28-30-57-39-19-8-34(9-20-39)11-23-43(51)59-44(2,3)4/h6-9,12-21,32H,5,10-11,22-31H2,1-4H3. The van der Waals surface area contributed by atoms with E-state index in [0.29, 0.717) is 70.2 Å². The van der Waals surface area contributed by atoms with Gasteiger partial charge in [0.2, 0.25) is 0 Å². The Kier molecular flexibility index (Phi) is 19.1. The van der Waals surface area contributed by atoms with Gasteiger partial charge in [-0.1, -0.05) is 35.9 Å². The fraction of sp³-hybridized carbons (Fsp3) is 0.409. The summed E-state index contributed by atoms with van der Waals surface area (Å²) in [4.78, 5) is 36.7. The van der Waals surface area contributed by atoms with E-state index in [-0.39, 0.29) is 42.3 Å². The van der Waals surface area contributed by atoms with Gasteiger partial charge in [-0.2, -0.15) is 5.11 Å². The van der Waals surface area contributed by atoms with Crippen LogP contribution in [0.4, 0.5) is 22.7 Å². The molecule has 14 nitrogen and oxygen atoms in total. The third-order valence-electron chi connectivity index (χ3n) is 8.50. The molecule has 0 amide bonds. The number of hydrogen-bond acceptors (Lipinski definition) is 13. The van der Waals surface area contributed by atoms with Crippen LogP contribution in [0.15, 0.2) is 101 Å². The molecule has 0 atom stereocenters. The monoisotopic (exact) mass is 832 g/mol. The Balaban J connectivity index is 1.01. The van der Waals surface area contributed by atoms with Crippen LogP contribution in [0.1, 0.15) is 51.7 Å². The second-order valence-corrected chi connectivity index (χ2v) is 14.6. The molecule has 4 rings (SSSR count). The van der Waals surface area contributed by atoms with Crippen LogP contribution in [0.3, 0.4) is 0 Å². The third kappa shape index (κ3) is 17.8. The summed E-state index contributed by atoms with van der Waals surface area (Å²) in [6, 6.07) is 26.9. The lowest BCUT2D eigenvalue weighted by atomic mass is 10.1. The summed E-state index contributed by atoms with van der Waals surface area (Å²) in [5.74, 6) is 0.964. The number of nitrogens with zero attached hydrogens (tertiary/aromatic N) is 4. The van der Waals surface area contributed by atoms with E-state index in [4.69, 9.17) is 40.0 Å². The number of nitro groups is 1. The molecule has 0 unspecified atom stereocenters. The number of likely N-dealkylation sites (N-methyl/N-ethyl adjacent to an activating group) is 1. The van der Waals surface area contributed by atoms with E-state index in [9.17, 15) is 19.7 Å². The van der Waals surface area contributed by atoms with Crippen LogP contribution in [0, 0.1) is 10.1 Å². The van der Waals surface area contributed by atoms with Crippen molar-refractivity contribution >= 4 is 46.3 Å². The number of anilines is 1. The molecular formula is C44H53ClN4O10. The molecule has 0 saturated carbocycles. The van der Waals surface area contributed by atoms with Crippen molar-refractivity contribution < 1.29 is 42.9 Å². The van der Waals surface area contributed by atoms with E-state index < -0.39 is 10.5 Å². The number of halogens is 1. The molecule has 0 aromatic heterocycles. The van der Waals surface area contributed by atoms with Gasteiger partial charge in [-0.25, -0.2) is 0 Å². The lowest BCUT2D eigenvalue weighted by molar-refractivity contribution is -0.384. The second-order valence-electron chi connectivity index (χ2n) is 14.2. The first kappa shape index (κ1) is 46.1. The summed E-state index contributed by atoms with van der Waals surface area (Å²) in [5, 5.41) is 19.4. The minimum Gasteiger partial charge on any atom is -0.492 e. The van der Waals surface area contributed by atoms with Gasteiger partial charge >= 0.3 is 11.9 Å². The number of ether oxygens (including phenoxy) is 6. The number of rotatable bonds is 25. The average molecular weight is 833 g/mol. The SMILES string of the molecule is CCN(CCOc1ccc(CCC(=O)OCCOCCOCCOc2ccc(CCC(=O)OC(C)(C)C)cc2)cc1)c1ccc(N=Nc2ccc([N+](=O)[O-])cc2Cl)cc1. The van der Waals surface area contributed by atoms with Crippen molar-refractivity contribution in [1.82, 2.24) is 0 Å². The van der Waals surface area contributed by atoms with E-state index in [2.05, 4.69) is 22.1 Å². The minimum absolute atomic E-state index is 0.109.